The first-order valence-corrected chi connectivity index (χ1v) is 9.22. The molecule has 26 heavy (non-hydrogen) atoms. The summed E-state index contributed by atoms with van der Waals surface area (Å²) in [6.07, 6.45) is 0.858. The Morgan fingerprint density at radius 3 is 2.58 bits per heavy atom. The number of aryl methyl sites for hydroxylation is 2. The van der Waals surface area contributed by atoms with E-state index in [0.29, 0.717) is 36.1 Å². The third-order valence-corrected chi connectivity index (χ3v) is 5.07. The lowest BCUT2D eigenvalue weighted by Gasteiger charge is -2.26. The molecule has 0 aliphatic carbocycles. The van der Waals surface area contributed by atoms with Crippen molar-refractivity contribution in [3.05, 3.63) is 15.6 Å². The second-order valence-corrected chi connectivity index (χ2v) is 7.45. The van der Waals surface area contributed by atoms with E-state index in [4.69, 9.17) is 9.37 Å². The third-order valence-electron chi connectivity index (χ3n) is 4.16. The van der Waals surface area contributed by atoms with Crippen molar-refractivity contribution in [2.24, 2.45) is 0 Å². The number of anilines is 2. The first-order valence-electron chi connectivity index (χ1n) is 8.41. The second kappa shape index (κ2) is 7.92. The maximum Gasteiger partial charge on any atom is 0.245 e. The zero-order valence-electron chi connectivity index (χ0n) is 15.6. The fourth-order valence-corrected chi connectivity index (χ4v) is 3.62. The van der Waals surface area contributed by atoms with Crippen LogP contribution in [-0.2, 0) is 4.74 Å². The topological polar surface area (TPSA) is 102 Å². The molecule has 9 nitrogen and oxygen atoms in total. The van der Waals surface area contributed by atoms with Gasteiger partial charge in [0.2, 0.25) is 11.3 Å². The Balaban J connectivity index is 1.91. The molecule has 0 aliphatic heterocycles. The number of aromatic nitrogens is 5. The van der Waals surface area contributed by atoms with E-state index in [1.165, 1.54) is 4.88 Å². The lowest BCUT2D eigenvalue weighted by atomic mass is 10.2. The summed E-state index contributed by atoms with van der Waals surface area (Å²) < 4.78 is 9.86. The van der Waals surface area contributed by atoms with Gasteiger partial charge in [0.25, 0.3) is 0 Å². The van der Waals surface area contributed by atoms with Crippen LogP contribution >= 0.6 is 11.3 Å². The summed E-state index contributed by atoms with van der Waals surface area (Å²) in [7, 11) is 3.66. The lowest BCUT2D eigenvalue weighted by Crippen LogP contribution is -2.25. The Kier molecular flexibility index (Phi) is 5.62. The number of hydrogen-bond donors (Lipinski definition) is 1. The van der Waals surface area contributed by atoms with Gasteiger partial charge >= 0.3 is 0 Å². The minimum absolute atomic E-state index is 0.0334. The van der Waals surface area contributed by atoms with Gasteiger partial charge in [-0.3, -0.25) is 0 Å². The molecule has 0 amide bonds. The average Bonchev–Trinajstić information content (AvgIpc) is 3.21. The quantitative estimate of drug-likeness (QED) is 0.593. The van der Waals surface area contributed by atoms with Crippen molar-refractivity contribution in [2.45, 2.75) is 33.2 Å². The molecule has 10 heteroatoms. The van der Waals surface area contributed by atoms with Crippen molar-refractivity contribution in [1.29, 1.82) is 0 Å². The molecule has 0 bridgehead atoms. The van der Waals surface area contributed by atoms with E-state index >= 15 is 0 Å². The molecule has 140 valence electrons. The van der Waals surface area contributed by atoms with Crippen LogP contribution in [0.25, 0.3) is 11.3 Å². The smallest absolute Gasteiger partial charge is 0.245 e. The van der Waals surface area contributed by atoms with E-state index < -0.39 is 0 Å². The summed E-state index contributed by atoms with van der Waals surface area (Å²) in [5, 5.41) is 12.0. The van der Waals surface area contributed by atoms with Crippen molar-refractivity contribution >= 4 is 34.3 Å². The summed E-state index contributed by atoms with van der Waals surface area (Å²) in [4.78, 5) is 17.0. The van der Waals surface area contributed by atoms with E-state index in [1.807, 2.05) is 18.9 Å². The standard InChI is InChI=1S/C16H23N7O2S/c1-9(12-10(2)26-11(3)18-12)23(4)16-15(17-7-6-8-24-5)19-13-14(20-16)22-25-21-13/h9H,6-8H2,1-5H3,(H,17,19,21). The molecule has 0 spiro atoms. The molecular weight excluding hydrogens is 354 g/mol. The SMILES string of the molecule is COCCCNc1nc2nonc2nc1N(C)C(C)c1nc(C)sc1C. The van der Waals surface area contributed by atoms with Gasteiger partial charge in [0, 0.05) is 32.2 Å². The van der Waals surface area contributed by atoms with Gasteiger partial charge in [-0.1, -0.05) is 0 Å². The normalized spacial score (nSPS) is 12.5. The molecule has 1 N–H and O–H groups in total. The van der Waals surface area contributed by atoms with Gasteiger partial charge in [0.15, 0.2) is 11.6 Å². The Bertz CT molecular complexity index is 879. The van der Waals surface area contributed by atoms with Crippen LogP contribution in [-0.4, -0.2) is 52.6 Å². The fraction of sp³-hybridized carbons (Fsp3) is 0.562. The van der Waals surface area contributed by atoms with Gasteiger partial charge in [-0.25, -0.2) is 19.6 Å². The molecule has 3 aromatic heterocycles. The van der Waals surface area contributed by atoms with Crippen LogP contribution in [0.4, 0.5) is 11.6 Å². The highest BCUT2D eigenvalue weighted by atomic mass is 32.1. The van der Waals surface area contributed by atoms with Crippen LogP contribution in [0.2, 0.25) is 0 Å². The van der Waals surface area contributed by atoms with Crippen molar-refractivity contribution < 1.29 is 9.37 Å². The molecule has 3 heterocycles. The molecule has 0 radical (unpaired) electrons. The number of rotatable bonds is 8. The summed E-state index contributed by atoms with van der Waals surface area (Å²) in [6.45, 7) is 7.59. The number of hydrogen-bond acceptors (Lipinski definition) is 10. The summed E-state index contributed by atoms with van der Waals surface area (Å²) in [6, 6.07) is 0.0334. The zero-order valence-corrected chi connectivity index (χ0v) is 16.4. The number of ether oxygens (including phenoxy) is 1. The molecule has 3 aromatic rings. The van der Waals surface area contributed by atoms with Gasteiger partial charge in [-0.2, -0.15) is 0 Å². The predicted molar refractivity (Wildman–Crippen MR) is 101 cm³/mol. The summed E-state index contributed by atoms with van der Waals surface area (Å²) >= 11 is 1.70. The highest BCUT2D eigenvalue weighted by Crippen LogP contribution is 2.32. The van der Waals surface area contributed by atoms with Crippen molar-refractivity contribution in [3.63, 3.8) is 0 Å². The number of fused-ring (bicyclic) bond motifs is 1. The maximum absolute atomic E-state index is 5.10. The van der Waals surface area contributed by atoms with Crippen molar-refractivity contribution in [1.82, 2.24) is 25.3 Å². The van der Waals surface area contributed by atoms with Crippen molar-refractivity contribution in [2.75, 3.05) is 37.5 Å². The molecule has 3 rings (SSSR count). The van der Waals surface area contributed by atoms with Crippen LogP contribution in [0, 0.1) is 13.8 Å². The summed E-state index contributed by atoms with van der Waals surface area (Å²) in [5.74, 6) is 1.33. The molecule has 1 unspecified atom stereocenters. The highest BCUT2D eigenvalue weighted by Gasteiger charge is 2.23. The van der Waals surface area contributed by atoms with Crippen LogP contribution in [0.3, 0.4) is 0 Å². The Morgan fingerprint density at radius 2 is 1.92 bits per heavy atom. The van der Waals surface area contributed by atoms with E-state index in [0.717, 1.165) is 17.1 Å². The van der Waals surface area contributed by atoms with Crippen molar-refractivity contribution in [3.8, 4) is 0 Å². The van der Waals surface area contributed by atoms with Gasteiger partial charge < -0.3 is 15.0 Å². The number of methoxy groups -OCH3 is 1. The fourth-order valence-electron chi connectivity index (χ4n) is 2.72. The molecule has 1 atom stereocenters. The zero-order chi connectivity index (χ0) is 18.7. The maximum atomic E-state index is 5.10. The van der Waals surface area contributed by atoms with Gasteiger partial charge in [0.1, 0.15) is 0 Å². The molecular formula is C16H23N7O2S. The Morgan fingerprint density at radius 1 is 1.19 bits per heavy atom. The van der Waals surface area contributed by atoms with Crippen LogP contribution < -0.4 is 10.2 Å². The second-order valence-electron chi connectivity index (χ2n) is 6.04. The third kappa shape index (κ3) is 3.75. The van der Waals surface area contributed by atoms with Gasteiger partial charge in [-0.15, -0.1) is 11.3 Å². The Labute approximate surface area is 155 Å². The van der Waals surface area contributed by atoms with Crippen LogP contribution in [0.15, 0.2) is 4.63 Å². The Hall–Kier alpha value is -2.33. The highest BCUT2D eigenvalue weighted by molar-refractivity contribution is 7.11. The molecule has 0 saturated carbocycles. The molecule has 0 saturated heterocycles. The van der Waals surface area contributed by atoms with Gasteiger partial charge in [-0.05, 0) is 37.5 Å². The van der Waals surface area contributed by atoms with E-state index in [9.17, 15) is 0 Å². The number of nitrogens with one attached hydrogen (secondary N) is 1. The van der Waals surface area contributed by atoms with Crippen LogP contribution in [0.1, 0.15) is 35.0 Å². The molecule has 0 aromatic carbocycles. The first-order chi connectivity index (χ1) is 12.5. The minimum Gasteiger partial charge on any atom is -0.385 e. The first kappa shape index (κ1) is 18.5. The van der Waals surface area contributed by atoms with E-state index in [1.54, 1.807) is 18.4 Å². The molecule has 0 fully saturated rings. The lowest BCUT2D eigenvalue weighted by molar-refractivity contribution is 0.198. The monoisotopic (exact) mass is 377 g/mol. The average molecular weight is 377 g/mol. The van der Waals surface area contributed by atoms with E-state index in [2.05, 4.69) is 44.4 Å². The summed E-state index contributed by atoms with van der Waals surface area (Å²) in [5.41, 5.74) is 1.80. The molecule has 0 aliphatic rings. The number of thiazole rings is 1. The van der Waals surface area contributed by atoms with Gasteiger partial charge in [0.05, 0.1) is 16.7 Å². The van der Waals surface area contributed by atoms with Crippen LogP contribution in [0.5, 0.6) is 0 Å². The predicted octanol–water partition coefficient (Wildman–Crippen LogP) is 2.73. The number of nitrogens with zero attached hydrogens (tertiary/aromatic N) is 6. The largest absolute Gasteiger partial charge is 0.385 e. The van der Waals surface area contributed by atoms with E-state index in [-0.39, 0.29) is 6.04 Å². The minimum atomic E-state index is 0.0334.